The van der Waals surface area contributed by atoms with Gasteiger partial charge in [0.15, 0.2) is 11.6 Å². The highest BCUT2D eigenvalue weighted by atomic mass is 19.3. The molecule has 0 amide bonds. The Morgan fingerprint density at radius 3 is 2.38 bits per heavy atom. The maximum Gasteiger partial charge on any atom is 0.303 e. The first-order valence-electron chi connectivity index (χ1n) is 13.1. The Morgan fingerprint density at radius 1 is 1.00 bits per heavy atom. The standard InChI is InChI=1S/C30H28F4O3.C2H6/c1-30(2)14-4-6-24(30)22-15-18(8-11-21(22)23-16-20(29(33)34)9-12-25(23)31)17-37-26-7-3-5-19(28(26)32)10-13-27(35)36;1-2/h3,5-9,11-12,15-16,29H,4,10,13-14,17H2,1-2H3,(H,35,36);1-2H3. The lowest BCUT2D eigenvalue weighted by molar-refractivity contribution is -0.136. The van der Waals surface area contributed by atoms with Gasteiger partial charge in [-0.15, -0.1) is 0 Å². The molecule has 7 heteroatoms. The molecule has 0 atom stereocenters. The van der Waals surface area contributed by atoms with Crippen molar-refractivity contribution in [1.82, 2.24) is 0 Å². The van der Waals surface area contributed by atoms with E-state index in [1.807, 2.05) is 19.9 Å². The van der Waals surface area contributed by atoms with Crippen molar-refractivity contribution in [3.8, 4) is 16.9 Å². The molecule has 4 rings (SSSR count). The summed E-state index contributed by atoms with van der Waals surface area (Å²) in [5.41, 5.74) is 2.82. The van der Waals surface area contributed by atoms with Gasteiger partial charge in [-0.25, -0.2) is 17.6 Å². The molecular formula is C32H34F4O3. The van der Waals surface area contributed by atoms with Gasteiger partial charge in [0.05, 0.1) is 0 Å². The van der Waals surface area contributed by atoms with E-state index in [-0.39, 0.29) is 47.3 Å². The maximum absolute atomic E-state index is 14.9. The molecule has 0 aliphatic heterocycles. The number of allylic oxidation sites excluding steroid dienone is 2. The molecule has 1 aliphatic rings. The van der Waals surface area contributed by atoms with E-state index < -0.39 is 24.0 Å². The van der Waals surface area contributed by atoms with Crippen molar-refractivity contribution in [3.05, 3.63) is 94.6 Å². The Hall–Kier alpha value is -3.61. The van der Waals surface area contributed by atoms with Crippen LogP contribution in [0.5, 0.6) is 5.75 Å². The van der Waals surface area contributed by atoms with Gasteiger partial charge in [0, 0.05) is 17.5 Å². The van der Waals surface area contributed by atoms with Gasteiger partial charge in [-0.3, -0.25) is 4.79 Å². The summed E-state index contributed by atoms with van der Waals surface area (Å²) in [5.74, 6) is -2.21. The van der Waals surface area contributed by atoms with Crippen LogP contribution in [0.4, 0.5) is 17.6 Å². The summed E-state index contributed by atoms with van der Waals surface area (Å²) in [5, 5.41) is 8.88. The molecule has 0 heterocycles. The van der Waals surface area contributed by atoms with Crippen molar-refractivity contribution in [2.24, 2.45) is 5.41 Å². The zero-order valence-electron chi connectivity index (χ0n) is 22.7. The quantitative estimate of drug-likeness (QED) is 0.274. The number of alkyl halides is 2. The number of rotatable bonds is 9. The van der Waals surface area contributed by atoms with Gasteiger partial charge >= 0.3 is 5.97 Å². The first-order valence-corrected chi connectivity index (χ1v) is 13.1. The minimum atomic E-state index is -2.72. The zero-order valence-corrected chi connectivity index (χ0v) is 22.7. The largest absolute Gasteiger partial charge is 0.486 e. The number of carbonyl (C=O) groups is 1. The number of hydrogen-bond donors (Lipinski definition) is 1. The number of aryl methyl sites for hydroxylation is 1. The Balaban J connectivity index is 0.00000205. The summed E-state index contributed by atoms with van der Waals surface area (Å²) >= 11 is 0. The van der Waals surface area contributed by atoms with E-state index >= 15 is 0 Å². The van der Waals surface area contributed by atoms with E-state index in [9.17, 15) is 22.4 Å². The molecule has 0 aromatic heterocycles. The Bertz CT molecular complexity index is 1350. The highest BCUT2D eigenvalue weighted by Gasteiger charge is 2.30. The van der Waals surface area contributed by atoms with Crippen molar-refractivity contribution in [2.45, 2.75) is 66.4 Å². The van der Waals surface area contributed by atoms with E-state index in [0.29, 0.717) is 11.1 Å². The number of benzene rings is 3. The topological polar surface area (TPSA) is 46.5 Å². The second-order valence-electron chi connectivity index (χ2n) is 9.87. The van der Waals surface area contributed by atoms with Crippen LogP contribution in [0.15, 0.2) is 60.7 Å². The fourth-order valence-electron chi connectivity index (χ4n) is 4.75. The molecule has 0 bridgehead atoms. The van der Waals surface area contributed by atoms with Gasteiger partial charge in [0.25, 0.3) is 6.43 Å². The van der Waals surface area contributed by atoms with Gasteiger partial charge in [-0.1, -0.05) is 64.1 Å². The SMILES string of the molecule is CC.CC1(C)CCC=C1c1cc(COc2cccc(CCC(=O)O)c2F)ccc1-c1cc(C(F)F)ccc1F. The summed E-state index contributed by atoms with van der Waals surface area (Å²) in [4.78, 5) is 10.9. The third kappa shape index (κ3) is 7.08. The smallest absolute Gasteiger partial charge is 0.303 e. The predicted molar refractivity (Wildman–Crippen MR) is 146 cm³/mol. The van der Waals surface area contributed by atoms with Crippen molar-refractivity contribution in [1.29, 1.82) is 0 Å². The lowest BCUT2D eigenvalue weighted by Gasteiger charge is -2.25. The number of hydrogen-bond acceptors (Lipinski definition) is 2. The van der Waals surface area contributed by atoms with E-state index in [1.165, 1.54) is 18.2 Å². The third-order valence-corrected chi connectivity index (χ3v) is 6.80. The Labute approximate surface area is 227 Å². The van der Waals surface area contributed by atoms with E-state index in [0.717, 1.165) is 36.1 Å². The second kappa shape index (κ2) is 13.0. The number of ether oxygens (including phenoxy) is 1. The number of carboxylic acid groups (broad SMARTS) is 1. The first-order chi connectivity index (χ1) is 18.6. The van der Waals surface area contributed by atoms with Crippen LogP contribution in [0.25, 0.3) is 16.7 Å². The summed E-state index contributed by atoms with van der Waals surface area (Å²) in [6, 6.07) is 13.2. The van der Waals surface area contributed by atoms with E-state index in [1.54, 1.807) is 18.2 Å². The Morgan fingerprint density at radius 2 is 1.74 bits per heavy atom. The van der Waals surface area contributed by atoms with Crippen LogP contribution in [0, 0.1) is 17.0 Å². The van der Waals surface area contributed by atoms with Crippen LogP contribution in [0.1, 0.15) is 75.6 Å². The molecule has 3 aromatic rings. The van der Waals surface area contributed by atoms with Crippen molar-refractivity contribution in [3.63, 3.8) is 0 Å². The Kier molecular flexibility index (Phi) is 9.95. The highest BCUT2D eigenvalue weighted by molar-refractivity contribution is 5.85. The lowest BCUT2D eigenvalue weighted by atomic mass is 9.79. The molecule has 208 valence electrons. The minimum absolute atomic E-state index is 0.00426. The molecule has 3 aromatic carbocycles. The van der Waals surface area contributed by atoms with Crippen LogP contribution in [-0.4, -0.2) is 11.1 Å². The highest BCUT2D eigenvalue weighted by Crippen LogP contribution is 2.47. The molecule has 0 spiro atoms. The van der Waals surface area contributed by atoms with Gasteiger partial charge < -0.3 is 9.84 Å². The first kappa shape index (κ1) is 29.9. The average molecular weight is 543 g/mol. The normalized spacial score (nSPS) is 14.0. The molecule has 0 radical (unpaired) electrons. The van der Waals surface area contributed by atoms with Crippen LogP contribution in [0.2, 0.25) is 0 Å². The molecule has 1 N–H and O–H groups in total. The molecule has 0 unspecified atom stereocenters. The number of halogens is 4. The molecule has 1 aliphatic carbocycles. The molecule has 0 saturated heterocycles. The average Bonchev–Trinajstić information content (AvgIpc) is 3.27. The summed E-state index contributed by atoms with van der Waals surface area (Å²) in [6.07, 6.45) is 0.957. The lowest BCUT2D eigenvalue weighted by Crippen LogP contribution is -2.10. The fourth-order valence-corrected chi connectivity index (χ4v) is 4.75. The fraction of sp³-hybridized carbons (Fsp3) is 0.344. The van der Waals surface area contributed by atoms with E-state index in [4.69, 9.17) is 9.84 Å². The summed E-state index contributed by atoms with van der Waals surface area (Å²) in [7, 11) is 0. The molecule has 39 heavy (non-hydrogen) atoms. The van der Waals surface area contributed by atoms with Crippen LogP contribution < -0.4 is 4.74 Å². The monoisotopic (exact) mass is 542 g/mol. The van der Waals surface area contributed by atoms with Crippen molar-refractivity contribution >= 4 is 11.5 Å². The summed E-state index contributed by atoms with van der Waals surface area (Å²) < 4.78 is 62.2. The minimum Gasteiger partial charge on any atom is -0.486 e. The van der Waals surface area contributed by atoms with Gasteiger partial charge in [-0.05, 0) is 76.8 Å². The zero-order chi connectivity index (χ0) is 28.7. The van der Waals surface area contributed by atoms with E-state index in [2.05, 4.69) is 19.9 Å². The van der Waals surface area contributed by atoms with Crippen LogP contribution in [-0.2, 0) is 17.8 Å². The number of carboxylic acids is 1. The molecule has 3 nitrogen and oxygen atoms in total. The van der Waals surface area contributed by atoms with Gasteiger partial charge in [-0.2, -0.15) is 0 Å². The summed E-state index contributed by atoms with van der Waals surface area (Å²) in [6.45, 7) is 8.19. The predicted octanol–water partition coefficient (Wildman–Crippen LogP) is 9.40. The van der Waals surface area contributed by atoms with Crippen LogP contribution >= 0.6 is 0 Å². The molecular weight excluding hydrogens is 508 g/mol. The third-order valence-electron chi connectivity index (χ3n) is 6.80. The molecule has 0 saturated carbocycles. The number of aliphatic carboxylic acids is 1. The van der Waals surface area contributed by atoms with Gasteiger partial charge in [0.2, 0.25) is 0 Å². The second-order valence-corrected chi connectivity index (χ2v) is 9.87. The van der Waals surface area contributed by atoms with Crippen molar-refractivity contribution < 1.29 is 32.2 Å². The van der Waals surface area contributed by atoms with Crippen molar-refractivity contribution in [2.75, 3.05) is 0 Å². The van der Waals surface area contributed by atoms with Gasteiger partial charge in [0.1, 0.15) is 12.4 Å². The maximum atomic E-state index is 14.9. The molecule has 0 fully saturated rings. The van der Waals surface area contributed by atoms with Crippen LogP contribution in [0.3, 0.4) is 0 Å².